The molecule has 0 radical (unpaired) electrons. The van der Waals surface area contributed by atoms with Crippen molar-refractivity contribution in [3.8, 4) is 5.75 Å². The summed E-state index contributed by atoms with van der Waals surface area (Å²) in [6.45, 7) is 5.22. The molecule has 0 spiro atoms. The van der Waals surface area contributed by atoms with Crippen molar-refractivity contribution in [2.24, 2.45) is 0 Å². The average Bonchev–Trinajstić information content (AvgIpc) is 2.25. The average molecular weight is 242 g/mol. The predicted octanol–water partition coefficient (Wildman–Crippen LogP) is 3.23. The molecule has 0 saturated carbocycles. The minimum Gasteiger partial charge on any atom is -0.496 e. The van der Waals surface area contributed by atoms with Crippen LogP contribution in [0, 0.1) is 0 Å². The van der Waals surface area contributed by atoms with Gasteiger partial charge in [-0.05, 0) is 49.2 Å². The molecule has 0 aliphatic rings. The molecule has 0 heterocycles. The maximum atomic E-state index is 6.13. The second-order valence-corrected chi connectivity index (χ2v) is 4.63. The van der Waals surface area contributed by atoms with E-state index in [1.54, 1.807) is 7.11 Å². The Morgan fingerprint density at radius 3 is 2.56 bits per heavy atom. The Bertz CT molecular complexity index is 350. The molecule has 1 rings (SSSR count). The summed E-state index contributed by atoms with van der Waals surface area (Å²) in [6, 6.07) is 3.98. The Morgan fingerprint density at radius 1 is 1.38 bits per heavy atom. The van der Waals surface area contributed by atoms with E-state index in [4.69, 9.17) is 16.3 Å². The highest BCUT2D eigenvalue weighted by molar-refractivity contribution is 6.30. The summed E-state index contributed by atoms with van der Waals surface area (Å²) in [5.41, 5.74) is 2.36. The number of methoxy groups -OCH3 is 1. The Labute approximate surface area is 103 Å². The second kappa shape index (κ2) is 6.12. The highest BCUT2D eigenvalue weighted by atomic mass is 35.5. The van der Waals surface area contributed by atoms with Crippen molar-refractivity contribution in [3.63, 3.8) is 0 Å². The Kier molecular flexibility index (Phi) is 5.10. The molecule has 16 heavy (non-hydrogen) atoms. The molecule has 0 aliphatic carbocycles. The summed E-state index contributed by atoms with van der Waals surface area (Å²) in [7, 11) is 3.67. The van der Waals surface area contributed by atoms with Crippen LogP contribution in [0.2, 0.25) is 5.02 Å². The molecule has 0 fully saturated rings. The van der Waals surface area contributed by atoms with E-state index in [0.29, 0.717) is 5.92 Å². The minimum atomic E-state index is 0.419. The summed E-state index contributed by atoms with van der Waals surface area (Å²) >= 11 is 6.13. The summed E-state index contributed by atoms with van der Waals surface area (Å²) in [4.78, 5) is 0. The van der Waals surface area contributed by atoms with Gasteiger partial charge in [-0.1, -0.05) is 25.4 Å². The number of hydrogen-bond donors (Lipinski definition) is 1. The molecule has 0 saturated heterocycles. The lowest BCUT2D eigenvalue weighted by molar-refractivity contribution is 0.402. The number of halogens is 1. The summed E-state index contributed by atoms with van der Waals surface area (Å²) in [5, 5.41) is 3.92. The molecule has 0 unspecified atom stereocenters. The maximum absolute atomic E-state index is 6.13. The molecule has 0 aliphatic heterocycles. The van der Waals surface area contributed by atoms with E-state index < -0.39 is 0 Å². The van der Waals surface area contributed by atoms with Crippen LogP contribution >= 0.6 is 11.6 Å². The van der Waals surface area contributed by atoms with E-state index in [1.807, 2.05) is 19.2 Å². The molecule has 0 atom stereocenters. The van der Waals surface area contributed by atoms with Gasteiger partial charge in [-0.3, -0.25) is 0 Å². The number of rotatable bonds is 5. The van der Waals surface area contributed by atoms with Gasteiger partial charge in [0.05, 0.1) is 7.11 Å². The van der Waals surface area contributed by atoms with E-state index in [0.717, 1.165) is 23.7 Å². The first kappa shape index (κ1) is 13.3. The Hall–Kier alpha value is -0.730. The monoisotopic (exact) mass is 241 g/mol. The minimum absolute atomic E-state index is 0.419. The van der Waals surface area contributed by atoms with Crippen LogP contribution in [-0.4, -0.2) is 20.7 Å². The van der Waals surface area contributed by atoms with Crippen molar-refractivity contribution in [2.75, 3.05) is 20.7 Å². The molecular weight excluding hydrogens is 222 g/mol. The smallest absolute Gasteiger partial charge is 0.125 e. The van der Waals surface area contributed by atoms with Crippen LogP contribution in [0.5, 0.6) is 5.75 Å². The van der Waals surface area contributed by atoms with Gasteiger partial charge in [0, 0.05) is 5.02 Å². The van der Waals surface area contributed by atoms with Crippen molar-refractivity contribution in [1.82, 2.24) is 5.32 Å². The van der Waals surface area contributed by atoms with Crippen molar-refractivity contribution in [3.05, 3.63) is 28.3 Å². The SMILES string of the molecule is CNCCc1cc(Cl)cc(C(C)C)c1OC. The molecule has 1 aromatic carbocycles. The van der Waals surface area contributed by atoms with Crippen molar-refractivity contribution >= 4 is 11.6 Å². The van der Waals surface area contributed by atoms with Crippen LogP contribution in [0.3, 0.4) is 0 Å². The lowest BCUT2D eigenvalue weighted by Gasteiger charge is -2.16. The van der Waals surface area contributed by atoms with E-state index in [-0.39, 0.29) is 0 Å². The van der Waals surface area contributed by atoms with Crippen LogP contribution in [0.4, 0.5) is 0 Å². The largest absolute Gasteiger partial charge is 0.496 e. The van der Waals surface area contributed by atoms with Gasteiger partial charge >= 0.3 is 0 Å². The zero-order valence-corrected chi connectivity index (χ0v) is 11.2. The molecule has 1 aromatic rings. The molecule has 0 bridgehead atoms. The first-order chi connectivity index (χ1) is 7.60. The van der Waals surface area contributed by atoms with Gasteiger partial charge in [-0.25, -0.2) is 0 Å². The zero-order chi connectivity index (χ0) is 12.1. The number of benzene rings is 1. The lowest BCUT2D eigenvalue weighted by atomic mass is 9.97. The van der Waals surface area contributed by atoms with Gasteiger partial charge in [0.1, 0.15) is 5.75 Å². The van der Waals surface area contributed by atoms with Gasteiger partial charge in [0.2, 0.25) is 0 Å². The molecule has 1 N–H and O–H groups in total. The quantitative estimate of drug-likeness (QED) is 0.855. The number of ether oxygens (including phenoxy) is 1. The Balaban J connectivity index is 3.14. The van der Waals surface area contributed by atoms with Crippen LogP contribution in [0.25, 0.3) is 0 Å². The van der Waals surface area contributed by atoms with E-state index in [9.17, 15) is 0 Å². The molecule has 2 nitrogen and oxygen atoms in total. The third kappa shape index (κ3) is 3.13. The first-order valence-corrected chi connectivity index (χ1v) is 5.98. The fraction of sp³-hybridized carbons (Fsp3) is 0.538. The maximum Gasteiger partial charge on any atom is 0.125 e. The fourth-order valence-electron chi connectivity index (χ4n) is 1.80. The molecule has 0 aromatic heterocycles. The van der Waals surface area contributed by atoms with Crippen molar-refractivity contribution < 1.29 is 4.74 Å². The third-order valence-electron chi connectivity index (χ3n) is 2.63. The van der Waals surface area contributed by atoms with E-state index in [2.05, 4.69) is 19.2 Å². The second-order valence-electron chi connectivity index (χ2n) is 4.20. The first-order valence-electron chi connectivity index (χ1n) is 5.61. The Morgan fingerprint density at radius 2 is 2.06 bits per heavy atom. The van der Waals surface area contributed by atoms with Gasteiger partial charge in [-0.2, -0.15) is 0 Å². The normalized spacial score (nSPS) is 10.9. The van der Waals surface area contributed by atoms with Crippen LogP contribution in [-0.2, 0) is 6.42 Å². The standard InChI is InChI=1S/C13H20ClNO/c1-9(2)12-8-11(14)7-10(5-6-15-3)13(12)16-4/h7-9,15H,5-6H2,1-4H3. The van der Waals surface area contributed by atoms with Crippen LogP contribution in [0.1, 0.15) is 30.9 Å². The van der Waals surface area contributed by atoms with Crippen molar-refractivity contribution in [1.29, 1.82) is 0 Å². The summed E-state index contributed by atoms with van der Waals surface area (Å²) in [6.07, 6.45) is 0.931. The highest BCUT2D eigenvalue weighted by Crippen LogP contribution is 2.33. The van der Waals surface area contributed by atoms with Gasteiger partial charge < -0.3 is 10.1 Å². The topological polar surface area (TPSA) is 21.3 Å². The van der Waals surface area contributed by atoms with Crippen LogP contribution in [0.15, 0.2) is 12.1 Å². The molecule has 3 heteroatoms. The summed E-state index contributed by atoms with van der Waals surface area (Å²) in [5.74, 6) is 1.40. The van der Waals surface area contributed by atoms with Gasteiger partial charge in [-0.15, -0.1) is 0 Å². The number of likely N-dealkylation sites (N-methyl/N-ethyl adjacent to an activating group) is 1. The number of nitrogens with one attached hydrogen (secondary N) is 1. The molecular formula is C13H20ClNO. The zero-order valence-electron chi connectivity index (χ0n) is 10.4. The molecule has 0 amide bonds. The van der Waals surface area contributed by atoms with E-state index in [1.165, 1.54) is 11.1 Å². The fourth-order valence-corrected chi connectivity index (χ4v) is 2.05. The molecule has 90 valence electrons. The van der Waals surface area contributed by atoms with E-state index >= 15 is 0 Å². The van der Waals surface area contributed by atoms with Gasteiger partial charge in [0.25, 0.3) is 0 Å². The van der Waals surface area contributed by atoms with Gasteiger partial charge in [0.15, 0.2) is 0 Å². The van der Waals surface area contributed by atoms with Crippen molar-refractivity contribution in [2.45, 2.75) is 26.2 Å². The third-order valence-corrected chi connectivity index (χ3v) is 2.85. The predicted molar refractivity (Wildman–Crippen MR) is 69.7 cm³/mol. The lowest BCUT2D eigenvalue weighted by Crippen LogP contribution is -2.11. The number of hydrogen-bond acceptors (Lipinski definition) is 2. The summed E-state index contributed by atoms with van der Waals surface area (Å²) < 4.78 is 5.50. The highest BCUT2D eigenvalue weighted by Gasteiger charge is 2.13. The van der Waals surface area contributed by atoms with Crippen LogP contribution < -0.4 is 10.1 Å².